The lowest BCUT2D eigenvalue weighted by Crippen LogP contribution is -2.65. The molecule has 0 spiro atoms. The van der Waals surface area contributed by atoms with Gasteiger partial charge >= 0.3 is 0 Å². The standard InChI is InChI=1S/C29H40BrNO3/c1-20-10-13-23-26(18-20)34-28(15-12-21-11-14-25(32-4)27(19-21)33-5)31(29(23,2)3)17-16-22-8-6-7-9-24(22)30/h6-9,11,14,19-20,23,26,28H,10,12-13,15-18H2,1-5H3/t20-,23-,26-,28+/m0/s1. The summed E-state index contributed by atoms with van der Waals surface area (Å²) in [7, 11) is 3.38. The fraction of sp³-hybridized carbons (Fsp3) is 0.586. The molecule has 0 bridgehead atoms. The molecule has 2 aromatic carbocycles. The van der Waals surface area contributed by atoms with Gasteiger partial charge in [-0.25, -0.2) is 0 Å². The van der Waals surface area contributed by atoms with E-state index in [0.29, 0.717) is 12.0 Å². The molecule has 0 N–H and O–H groups in total. The molecule has 4 rings (SSSR count). The largest absolute Gasteiger partial charge is 0.493 e. The van der Waals surface area contributed by atoms with Crippen molar-refractivity contribution in [2.24, 2.45) is 11.8 Å². The number of fused-ring (bicyclic) bond motifs is 1. The highest BCUT2D eigenvalue weighted by atomic mass is 79.9. The number of hydrogen-bond donors (Lipinski definition) is 0. The van der Waals surface area contributed by atoms with Gasteiger partial charge in [0.2, 0.25) is 0 Å². The van der Waals surface area contributed by atoms with E-state index in [4.69, 9.17) is 14.2 Å². The zero-order chi connectivity index (χ0) is 24.3. The predicted molar refractivity (Wildman–Crippen MR) is 142 cm³/mol. The van der Waals surface area contributed by atoms with Gasteiger partial charge in [0.25, 0.3) is 0 Å². The number of aryl methyl sites for hydroxylation is 1. The molecule has 0 unspecified atom stereocenters. The Morgan fingerprint density at radius 1 is 1.03 bits per heavy atom. The maximum atomic E-state index is 6.91. The van der Waals surface area contributed by atoms with E-state index in [-0.39, 0.29) is 11.8 Å². The first kappa shape index (κ1) is 25.5. The topological polar surface area (TPSA) is 30.9 Å². The van der Waals surface area contributed by atoms with E-state index in [0.717, 1.165) is 43.2 Å². The second-order valence-electron chi connectivity index (χ2n) is 10.6. The molecular weight excluding hydrogens is 490 g/mol. The van der Waals surface area contributed by atoms with E-state index in [2.05, 4.69) is 78.0 Å². The summed E-state index contributed by atoms with van der Waals surface area (Å²) in [6.07, 6.45) is 7.13. The van der Waals surface area contributed by atoms with Crippen LogP contribution in [0, 0.1) is 11.8 Å². The van der Waals surface area contributed by atoms with Crippen LogP contribution in [-0.2, 0) is 17.6 Å². The first-order valence-corrected chi connectivity index (χ1v) is 13.5. The van der Waals surface area contributed by atoms with Gasteiger partial charge in [0.05, 0.1) is 20.3 Å². The van der Waals surface area contributed by atoms with E-state index in [1.807, 2.05) is 6.07 Å². The summed E-state index contributed by atoms with van der Waals surface area (Å²) in [4.78, 5) is 2.66. The molecule has 0 amide bonds. The molecule has 2 aliphatic rings. The number of rotatable bonds is 8. The Labute approximate surface area is 214 Å². The number of halogens is 1. The highest BCUT2D eigenvalue weighted by molar-refractivity contribution is 9.10. The number of methoxy groups -OCH3 is 2. The third-order valence-electron chi connectivity index (χ3n) is 8.09. The Hall–Kier alpha value is -1.56. The van der Waals surface area contributed by atoms with Crippen molar-refractivity contribution in [1.82, 2.24) is 4.90 Å². The number of benzene rings is 2. The van der Waals surface area contributed by atoms with E-state index in [1.54, 1.807) is 14.2 Å². The number of ether oxygens (including phenoxy) is 3. The van der Waals surface area contributed by atoms with Gasteiger partial charge in [-0.3, -0.25) is 4.90 Å². The van der Waals surface area contributed by atoms with Gasteiger partial charge in [0, 0.05) is 22.5 Å². The molecule has 1 aliphatic heterocycles. The molecule has 186 valence electrons. The first-order chi connectivity index (χ1) is 16.3. The third kappa shape index (κ3) is 5.47. The predicted octanol–water partition coefficient (Wildman–Crippen LogP) is 6.88. The summed E-state index contributed by atoms with van der Waals surface area (Å²) in [6, 6.07) is 14.8. The average molecular weight is 531 g/mol. The normalized spacial score (nSPS) is 26.6. The molecule has 0 aromatic heterocycles. The fourth-order valence-electron chi connectivity index (χ4n) is 6.07. The van der Waals surface area contributed by atoms with Crippen LogP contribution in [0.15, 0.2) is 46.9 Å². The maximum absolute atomic E-state index is 6.91. The zero-order valence-corrected chi connectivity index (χ0v) is 22.9. The minimum Gasteiger partial charge on any atom is -0.493 e. The molecule has 2 aromatic rings. The van der Waals surface area contributed by atoms with E-state index >= 15 is 0 Å². The fourth-order valence-corrected chi connectivity index (χ4v) is 6.55. The lowest BCUT2D eigenvalue weighted by atomic mass is 9.69. The Morgan fingerprint density at radius 3 is 2.53 bits per heavy atom. The maximum Gasteiger partial charge on any atom is 0.160 e. The van der Waals surface area contributed by atoms with Crippen molar-refractivity contribution < 1.29 is 14.2 Å². The van der Waals surface area contributed by atoms with E-state index in [1.165, 1.54) is 34.9 Å². The molecule has 34 heavy (non-hydrogen) atoms. The molecule has 2 fully saturated rings. The van der Waals surface area contributed by atoms with Gasteiger partial charge in [-0.05, 0) is 81.2 Å². The summed E-state index contributed by atoms with van der Waals surface area (Å²) in [6.45, 7) is 8.27. The highest BCUT2D eigenvalue weighted by Gasteiger charge is 2.50. The molecular formula is C29H40BrNO3. The highest BCUT2D eigenvalue weighted by Crippen LogP contribution is 2.46. The molecule has 1 aliphatic carbocycles. The van der Waals surface area contributed by atoms with E-state index < -0.39 is 0 Å². The monoisotopic (exact) mass is 529 g/mol. The van der Waals surface area contributed by atoms with Crippen LogP contribution >= 0.6 is 15.9 Å². The first-order valence-electron chi connectivity index (χ1n) is 12.7. The number of hydrogen-bond acceptors (Lipinski definition) is 4. The van der Waals surface area contributed by atoms with Crippen molar-refractivity contribution in [3.8, 4) is 11.5 Å². The summed E-state index contributed by atoms with van der Waals surface area (Å²) in [5, 5.41) is 0. The average Bonchev–Trinajstić information content (AvgIpc) is 2.82. The van der Waals surface area contributed by atoms with Crippen molar-refractivity contribution in [3.63, 3.8) is 0 Å². The Bertz CT molecular complexity index is 962. The van der Waals surface area contributed by atoms with Crippen LogP contribution in [0.5, 0.6) is 11.5 Å². The Kier molecular flexibility index (Phi) is 8.27. The van der Waals surface area contributed by atoms with Crippen molar-refractivity contribution in [3.05, 3.63) is 58.1 Å². The summed E-state index contributed by atoms with van der Waals surface area (Å²) >= 11 is 3.74. The van der Waals surface area contributed by atoms with Crippen molar-refractivity contribution in [1.29, 1.82) is 0 Å². The molecule has 4 nitrogen and oxygen atoms in total. The second-order valence-corrected chi connectivity index (χ2v) is 11.4. The third-order valence-corrected chi connectivity index (χ3v) is 8.86. The van der Waals surface area contributed by atoms with Crippen LogP contribution in [0.25, 0.3) is 0 Å². The van der Waals surface area contributed by atoms with E-state index in [9.17, 15) is 0 Å². The summed E-state index contributed by atoms with van der Waals surface area (Å²) in [5.41, 5.74) is 2.72. The van der Waals surface area contributed by atoms with Gasteiger partial charge in [0.15, 0.2) is 11.5 Å². The van der Waals surface area contributed by atoms with Crippen LogP contribution < -0.4 is 9.47 Å². The molecule has 5 heteroatoms. The molecule has 1 heterocycles. The second kappa shape index (κ2) is 11.0. The van der Waals surface area contributed by atoms with Crippen LogP contribution in [0.4, 0.5) is 0 Å². The van der Waals surface area contributed by atoms with Gasteiger partial charge in [-0.2, -0.15) is 0 Å². The van der Waals surface area contributed by atoms with Crippen molar-refractivity contribution >= 4 is 15.9 Å². The lowest BCUT2D eigenvalue weighted by molar-refractivity contribution is -0.234. The van der Waals surface area contributed by atoms with Crippen molar-refractivity contribution in [2.75, 3.05) is 20.8 Å². The minimum atomic E-state index is 0.104. The molecule has 1 saturated heterocycles. The number of nitrogens with zero attached hydrogens (tertiary/aromatic N) is 1. The van der Waals surface area contributed by atoms with Gasteiger partial charge in [-0.15, -0.1) is 0 Å². The van der Waals surface area contributed by atoms with Crippen LogP contribution in [-0.4, -0.2) is 43.5 Å². The van der Waals surface area contributed by atoms with Crippen molar-refractivity contribution in [2.45, 2.75) is 77.2 Å². The Balaban J connectivity index is 1.54. The molecule has 1 saturated carbocycles. The smallest absolute Gasteiger partial charge is 0.160 e. The van der Waals surface area contributed by atoms with Gasteiger partial charge < -0.3 is 14.2 Å². The van der Waals surface area contributed by atoms with Crippen LogP contribution in [0.1, 0.15) is 57.6 Å². The summed E-state index contributed by atoms with van der Waals surface area (Å²) < 4.78 is 19.1. The Morgan fingerprint density at radius 2 is 1.79 bits per heavy atom. The quantitative estimate of drug-likeness (QED) is 0.372. The van der Waals surface area contributed by atoms with Gasteiger partial charge in [-0.1, -0.05) is 53.5 Å². The molecule has 0 radical (unpaired) electrons. The van der Waals surface area contributed by atoms with Gasteiger partial charge in [0.1, 0.15) is 6.23 Å². The zero-order valence-electron chi connectivity index (χ0n) is 21.4. The van der Waals surface area contributed by atoms with Crippen LogP contribution in [0.3, 0.4) is 0 Å². The minimum absolute atomic E-state index is 0.104. The molecule has 4 atom stereocenters. The lowest BCUT2D eigenvalue weighted by Gasteiger charge is -2.57. The summed E-state index contributed by atoms with van der Waals surface area (Å²) in [5.74, 6) is 2.89. The van der Waals surface area contributed by atoms with Crippen LogP contribution in [0.2, 0.25) is 0 Å². The SMILES string of the molecule is COc1ccc(CC[C@H]2O[C@H]3C[C@@H](C)CC[C@@H]3C(C)(C)N2CCc2ccccc2Br)cc1OC.